The van der Waals surface area contributed by atoms with Crippen LogP contribution in [0.1, 0.15) is 59.9 Å². The maximum absolute atomic E-state index is 12.2. The van der Waals surface area contributed by atoms with Gasteiger partial charge < -0.3 is 9.88 Å². The summed E-state index contributed by atoms with van der Waals surface area (Å²) in [6.07, 6.45) is 8.12. The van der Waals surface area contributed by atoms with Crippen LogP contribution in [0.3, 0.4) is 0 Å². The fourth-order valence-corrected chi connectivity index (χ4v) is 2.93. The molecule has 1 N–H and O–H groups in total. The predicted molar refractivity (Wildman–Crippen MR) is 87.0 cm³/mol. The van der Waals surface area contributed by atoms with Crippen LogP contribution in [0.2, 0.25) is 0 Å². The van der Waals surface area contributed by atoms with Crippen molar-refractivity contribution in [2.75, 3.05) is 6.54 Å². The second kappa shape index (κ2) is 8.85. The number of nitrogens with one attached hydrogen (secondary N) is 1. The average Bonchev–Trinajstić information content (AvgIpc) is 2.91. The van der Waals surface area contributed by atoms with Crippen molar-refractivity contribution in [2.45, 2.75) is 59.9 Å². The van der Waals surface area contributed by atoms with E-state index in [1.54, 1.807) is 12.5 Å². The van der Waals surface area contributed by atoms with E-state index in [4.69, 9.17) is 0 Å². The molecule has 0 aromatic carbocycles. The first-order chi connectivity index (χ1) is 9.95. The summed E-state index contributed by atoms with van der Waals surface area (Å²) < 4.78 is 2.05. The van der Waals surface area contributed by atoms with Gasteiger partial charge in [0.05, 0.1) is 6.33 Å². The number of aromatic nitrogens is 2. The Hall–Kier alpha value is -1.32. The van der Waals surface area contributed by atoms with Crippen molar-refractivity contribution in [3.63, 3.8) is 0 Å². The van der Waals surface area contributed by atoms with E-state index in [9.17, 15) is 4.79 Å². The number of hydrogen-bond donors (Lipinski definition) is 1. The van der Waals surface area contributed by atoms with E-state index in [0.717, 1.165) is 19.4 Å². The standard InChI is InChI=1S/C17H31N3O/c1-6-7-15(20-9-8-18-12-20)10-17(21)19-11-16(13(2)3)14(4)5/h8-9,12-16H,6-7,10-11H2,1-5H3,(H,19,21). The third-order valence-electron chi connectivity index (χ3n) is 4.24. The summed E-state index contributed by atoms with van der Waals surface area (Å²) in [6, 6.07) is 0.217. The number of carbonyl (C=O) groups is 1. The molecule has 1 amide bonds. The second-order valence-electron chi connectivity index (χ2n) is 6.61. The van der Waals surface area contributed by atoms with Crippen LogP contribution in [0, 0.1) is 17.8 Å². The van der Waals surface area contributed by atoms with Gasteiger partial charge in [-0.05, 0) is 24.2 Å². The van der Waals surface area contributed by atoms with Gasteiger partial charge in [-0.1, -0.05) is 41.0 Å². The van der Waals surface area contributed by atoms with Gasteiger partial charge in [-0.25, -0.2) is 4.98 Å². The molecule has 1 aromatic heterocycles. The van der Waals surface area contributed by atoms with Gasteiger partial charge in [-0.3, -0.25) is 4.79 Å². The Labute approximate surface area is 129 Å². The number of imidazole rings is 1. The highest BCUT2D eigenvalue weighted by Gasteiger charge is 2.20. The molecule has 1 rings (SSSR count). The van der Waals surface area contributed by atoms with Crippen LogP contribution >= 0.6 is 0 Å². The summed E-state index contributed by atoms with van der Waals surface area (Å²) in [4.78, 5) is 16.3. The zero-order valence-electron chi connectivity index (χ0n) is 14.2. The quantitative estimate of drug-likeness (QED) is 0.755. The number of nitrogens with zero attached hydrogens (tertiary/aromatic N) is 2. The smallest absolute Gasteiger partial charge is 0.222 e. The molecular weight excluding hydrogens is 262 g/mol. The number of amides is 1. The third-order valence-corrected chi connectivity index (χ3v) is 4.24. The van der Waals surface area contributed by atoms with Gasteiger partial charge in [-0.2, -0.15) is 0 Å². The maximum atomic E-state index is 12.2. The summed E-state index contributed by atoms with van der Waals surface area (Å²) in [6.45, 7) is 11.8. The summed E-state index contributed by atoms with van der Waals surface area (Å²) in [7, 11) is 0. The van der Waals surface area contributed by atoms with Crippen molar-refractivity contribution in [2.24, 2.45) is 17.8 Å². The molecule has 1 atom stereocenters. The monoisotopic (exact) mass is 293 g/mol. The zero-order valence-corrected chi connectivity index (χ0v) is 14.2. The lowest BCUT2D eigenvalue weighted by atomic mass is 9.85. The first kappa shape index (κ1) is 17.7. The highest BCUT2D eigenvalue weighted by Crippen LogP contribution is 2.20. The van der Waals surface area contributed by atoms with Gasteiger partial charge in [0.2, 0.25) is 5.91 Å². The second-order valence-corrected chi connectivity index (χ2v) is 6.61. The molecule has 1 aromatic rings. The first-order valence-electron chi connectivity index (χ1n) is 8.19. The summed E-state index contributed by atoms with van der Waals surface area (Å²) in [5, 5.41) is 3.12. The van der Waals surface area contributed by atoms with Crippen LogP contribution in [-0.4, -0.2) is 22.0 Å². The molecule has 0 saturated heterocycles. The molecule has 1 heterocycles. The summed E-state index contributed by atoms with van der Waals surface area (Å²) in [5.41, 5.74) is 0. The van der Waals surface area contributed by atoms with Crippen LogP contribution in [0.25, 0.3) is 0 Å². The van der Waals surface area contributed by atoms with Gasteiger partial charge in [0.1, 0.15) is 0 Å². The van der Waals surface area contributed by atoms with Crippen LogP contribution < -0.4 is 5.32 Å². The lowest BCUT2D eigenvalue weighted by molar-refractivity contribution is -0.122. The summed E-state index contributed by atoms with van der Waals surface area (Å²) in [5.74, 6) is 1.86. The zero-order chi connectivity index (χ0) is 15.8. The van der Waals surface area contributed by atoms with Gasteiger partial charge in [0, 0.05) is 31.4 Å². The Morgan fingerprint density at radius 2 is 1.90 bits per heavy atom. The van der Waals surface area contributed by atoms with Crippen molar-refractivity contribution in [3.05, 3.63) is 18.7 Å². The molecule has 0 fully saturated rings. The first-order valence-corrected chi connectivity index (χ1v) is 8.19. The van der Waals surface area contributed by atoms with Gasteiger partial charge >= 0.3 is 0 Å². The van der Waals surface area contributed by atoms with Crippen molar-refractivity contribution in [3.8, 4) is 0 Å². The molecule has 1 unspecified atom stereocenters. The van der Waals surface area contributed by atoms with Gasteiger partial charge in [0.25, 0.3) is 0 Å². The number of hydrogen-bond acceptors (Lipinski definition) is 2. The fourth-order valence-electron chi connectivity index (χ4n) is 2.93. The van der Waals surface area contributed by atoms with Crippen molar-refractivity contribution >= 4 is 5.91 Å². The molecule has 0 radical (unpaired) electrons. The fraction of sp³-hybridized carbons (Fsp3) is 0.765. The summed E-state index contributed by atoms with van der Waals surface area (Å²) >= 11 is 0. The van der Waals surface area contributed by atoms with E-state index in [0.29, 0.717) is 24.2 Å². The molecule has 0 bridgehead atoms. The van der Waals surface area contributed by atoms with Gasteiger partial charge in [0.15, 0.2) is 0 Å². The maximum Gasteiger partial charge on any atom is 0.222 e. The van der Waals surface area contributed by atoms with E-state index >= 15 is 0 Å². The molecule has 4 heteroatoms. The van der Waals surface area contributed by atoms with Crippen LogP contribution in [0.15, 0.2) is 18.7 Å². The molecule has 0 aliphatic heterocycles. The Morgan fingerprint density at radius 3 is 2.38 bits per heavy atom. The van der Waals surface area contributed by atoms with Crippen LogP contribution in [0.5, 0.6) is 0 Å². The molecule has 21 heavy (non-hydrogen) atoms. The van der Waals surface area contributed by atoms with E-state index in [1.165, 1.54) is 0 Å². The molecular formula is C17H31N3O. The lowest BCUT2D eigenvalue weighted by Gasteiger charge is -2.25. The van der Waals surface area contributed by atoms with E-state index in [-0.39, 0.29) is 11.9 Å². The van der Waals surface area contributed by atoms with Crippen molar-refractivity contribution < 1.29 is 4.79 Å². The molecule has 120 valence electrons. The molecule has 4 nitrogen and oxygen atoms in total. The van der Waals surface area contributed by atoms with E-state index < -0.39 is 0 Å². The highest BCUT2D eigenvalue weighted by atomic mass is 16.1. The predicted octanol–water partition coefficient (Wildman–Crippen LogP) is 3.66. The van der Waals surface area contributed by atoms with Crippen molar-refractivity contribution in [1.82, 2.24) is 14.9 Å². The highest BCUT2D eigenvalue weighted by molar-refractivity contribution is 5.76. The van der Waals surface area contributed by atoms with Crippen LogP contribution in [-0.2, 0) is 4.79 Å². The molecule has 0 aliphatic carbocycles. The normalized spacial score (nSPS) is 13.1. The number of carbonyl (C=O) groups excluding carboxylic acids is 1. The van der Waals surface area contributed by atoms with Gasteiger partial charge in [-0.15, -0.1) is 0 Å². The Balaban J connectivity index is 2.51. The van der Waals surface area contributed by atoms with Crippen LogP contribution in [0.4, 0.5) is 0 Å². The molecule has 0 saturated carbocycles. The minimum absolute atomic E-state index is 0.147. The third kappa shape index (κ3) is 5.90. The largest absolute Gasteiger partial charge is 0.356 e. The average molecular weight is 293 g/mol. The number of rotatable bonds is 9. The Kier molecular flexibility index (Phi) is 7.48. The van der Waals surface area contributed by atoms with E-state index in [1.807, 2.05) is 10.8 Å². The Morgan fingerprint density at radius 1 is 1.24 bits per heavy atom. The van der Waals surface area contributed by atoms with E-state index in [2.05, 4.69) is 44.9 Å². The minimum atomic E-state index is 0.147. The SMILES string of the molecule is CCCC(CC(=O)NCC(C(C)C)C(C)C)n1ccnc1. The van der Waals surface area contributed by atoms with Crippen molar-refractivity contribution in [1.29, 1.82) is 0 Å². The molecule has 0 spiro atoms. The topological polar surface area (TPSA) is 46.9 Å². The Bertz CT molecular complexity index is 390. The lowest BCUT2D eigenvalue weighted by Crippen LogP contribution is -2.35. The molecule has 0 aliphatic rings. The minimum Gasteiger partial charge on any atom is -0.356 e.